The van der Waals surface area contributed by atoms with Gasteiger partial charge in [0.2, 0.25) is 0 Å². The number of hydrogen-bond donors (Lipinski definition) is 5. The quantitative estimate of drug-likeness (QED) is 0.233. The Hall–Kier alpha value is -3.07. The lowest BCUT2D eigenvalue weighted by molar-refractivity contribution is -0.139. The largest absolute Gasteiger partial charge is 0.481 e. The lowest BCUT2D eigenvalue weighted by Crippen LogP contribution is -2.29. The molecule has 2 aromatic carbocycles. The molecule has 8 N–H and O–H groups in total. The maximum atomic E-state index is 10.5. The summed E-state index contributed by atoms with van der Waals surface area (Å²) in [6.07, 6.45) is 10.7. The van der Waals surface area contributed by atoms with E-state index in [4.69, 9.17) is 27.4 Å². The summed E-state index contributed by atoms with van der Waals surface area (Å²) in [4.78, 5) is 30.2. The van der Waals surface area contributed by atoms with E-state index in [2.05, 4.69) is 12.1 Å². The number of hydrogen-bond acceptors (Lipinski definition) is 6. The molecule has 0 aliphatic heterocycles. The Morgan fingerprint density at radius 3 is 1.89 bits per heavy atom. The van der Waals surface area contributed by atoms with E-state index < -0.39 is 18.0 Å². The highest BCUT2D eigenvalue weighted by atomic mass is 16.4. The molecule has 0 radical (unpaired) electrons. The van der Waals surface area contributed by atoms with Crippen molar-refractivity contribution >= 4 is 18.2 Å². The fraction of sp³-hybridized carbons (Fsp3) is 0.483. The molecule has 1 saturated carbocycles. The highest BCUT2D eigenvalue weighted by molar-refractivity contribution is 5.76. The van der Waals surface area contributed by atoms with Crippen LogP contribution in [0.15, 0.2) is 54.6 Å². The van der Waals surface area contributed by atoms with Crippen LogP contribution in [0.5, 0.6) is 0 Å². The first-order valence-electron chi connectivity index (χ1n) is 13.0. The van der Waals surface area contributed by atoms with E-state index in [0.29, 0.717) is 31.0 Å². The number of aldehydes is 1. The summed E-state index contributed by atoms with van der Waals surface area (Å²) < 4.78 is 0. The Labute approximate surface area is 221 Å². The molecule has 3 rings (SSSR count). The van der Waals surface area contributed by atoms with Gasteiger partial charge in [-0.25, -0.2) is 0 Å². The summed E-state index contributed by atoms with van der Waals surface area (Å²) in [5, 5.41) is 16.2. The number of carboxylic acids is 2. The number of carbonyl (C=O) groups excluding carboxylic acids is 1. The van der Waals surface area contributed by atoms with Crippen molar-refractivity contribution in [3.63, 3.8) is 0 Å². The van der Waals surface area contributed by atoms with Crippen molar-refractivity contribution in [2.75, 3.05) is 6.54 Å². The maximum Gasteiger partial charge on any atom is 0.320 e. The van der Waals surface area contributed by atoms with Crippen molar-refractivity contribution in [2.24, 2.45) is 17.2 Å². The molecular weight excluding hydrogens is 470 g/mol. The lowest BCUT2D eigenvalue weighted by Gasteiger charge is -2.15. The highest BCUT2D eigenvalue weighted by Crippen LogP contribution is 2.18. The van der Waals surface area contributed by atoms with Gasteiger partial charge in [0.1, 0.15) is 12.3 Å². The van der Waals surface area contributed by atoms with Gasteiger partial charge < -0.3 is 27.4 Å². The monoisotopic (exact) mass is 515 g/mol. The Morgan fingerprint density at radius 1 is 0.946 bits per heavy atom. The fourth-order valence-corrected chi connectivity index (χ4v) is 3.36. The second-order valence-corrected chi connectivity index (χ2v) is 8.88. The third-order valence-electron chi connectivity index (χ3n) is 5.55. The van der Waals surface area contributed by atoms with Gasteiger partial charge in [0, 0.05) is 18.0 Å². The molecule has 37 heavy (non-hydrogen) atoms. The van der Waals surface area contributed by atoms with Gasteiger partial charge >= 0.3 is 11.9 Å². The van der Waals surface area contributed by atoms with Crippen LogP contribution >= 0.6 is 0 Å². The topological polar surface area (TPSA) is 170 Å². The molecule has 1 aliphatic carbocycles. The third kappa shape index (κ3) is 18.8. The van der Waals surface area contributed by atoms with Gasteiger partial charge in [-0.2, -0.15) is 0 Å². The summed E-state index contributed by atoms with van der Waals surface area (Å²) in [5.41, 5.74) is 19.1. The van der Waals surface area contributed by atoms with Gasteiger partial charge in [-0.1, -0.05) is 87.2 Å². The molecule has 1 atom stereocenters. The van der Waals surface area contributed by atoms with E-state index in [-0.39, 0.29) is 0 Å². The number of carboxylic acid groups (broad SMARTS) is 2. The van der Waals surface area contributed by atoms with E-state index in [1.807, 2.05) is 49.4 Å². The summed E-state index contributed by atoms with van der Waals surface area (Å²) >= 11 is 0. The Bertz CT molecular complexity index is 854. The molecule has 8 heteroatoms. The smallest absolute Gasteiger partial charge is 0.320 e. The standard InChI is InChI=1S/C13H10O.C6H14N2O2.C6H13N.C4H8O2/c14-10-11-6-8-13(9-7-11)12-4-2-1-3-5-12;7-4-2-1-3-5(8)6(9)10;7-6-4-2-1-3-5-6;1-2-3-4(5)6/h1-10H;5H,1-4,7-8H2,(H,9,10);6H,1-5,7H2;2-3H2,1H3,(H,5,6)/t;5-;;/m.0../s1. The summed E-state index contributed by atoms with van der Waals surface area (Å²) in [7, 11) is 0. The Morgan fingerprint density at radius 2 is 1.51 bits per heavy atom. The number of benzene rings is 2. The number of unbranched alkanes of at least 4 members (excludes halogenated alkanes) is 1. The van der Waals surface area contributed by atoms with Crippen molar-refractivity contribution in [2.45, 2.75) is 83.2 Å². The molecule has 0 spiro atoms. The molecule has 1 fully saturated rings. The average Bonchev–Trinajstić information content (AvgIpc) is 2.91. The van der Waals surface area contributed by atoms with Gasteiger partial charge in [0.15, 0.2) is 0 Å². The minimum Gasteiger partial charge on any atom is -0.481 e. The maximum absolute atomic E-state index is 10.5. The molecule has 206 valence electrons. The van der Waals surface area contributed by atoms with E-state index >= 15 is 0 Å². The average molecular weight is 516 g/mol. The summed E-state index contributed by atoms with van der Waals surface area (Å²) in [5.74, 6) is -1.64. The molecule has 0 amide bonds. The number of rotatable bonds is 9. The van der Waals surface area contributed by atoms with Crippen LogP contribution in [0.1, 0.15) is 81.5 Å². The van der Waals surface area contributed by atoms with Crippen LogP contribution in [0.25, 0.3) is 11.1 Å². The number of carbonyl (C=O) groups is 3. The Balaban J connectivity index is 0.000000497. The van der Waals surface area contributed by atoms with Gasteiger partial charge in [0.25, 0.3) is 0 Å². The van der Waals surface area contributed by atoms with Crippen LogP contribution in [0, 0.1) is 0 Å². The first-order chi connectivity index (χ1) is 17.7. The van der Waals surface area contributed by atoms with E-state index in [9.17, 15) is 14.4 Å². The normalized spacial score (nSPS) is 13.3. The molecule has 8 nitrogen and oxygen atoms in total. The van der Waals surface area contributed by atoms with Gasteiger partial charge in [-0.15, -0.1) is 0 Å². The first kappa shape index (κ1) is 33.9. The zero-order chi connectivity index (χ0) is 27.9. The van der Waals surface area contributed by atoms with Crippen molar-refractivity contribution in [1.29, 1.82) is 0 Å². The van der Waals surface area contributed by atoms with Crippen LogP contribution in [-0.4, -0.2) is 47.1 Å². The van der Waals surface area contributed by atoms with Crippen LogP contribution in [0.2, 0.25) is 0 Å². The van der Waals surface area contributed by atoms with Crippen molar-refractivity contribution in [3.8, 4) is 11.1 Å². The van der Waals surface area contributed by atoms with Gasteiger partial charge in [-0.05, 0) is 49.8 Å². The molecule has 2 aromatic rings. The van der Waals surface area contributed by atoms with Crippen LogP contribution in [0.4, 0.5) is 0 Å². The number of aliphatic carboxylic acids is 2. The molecular formula is C29H45N3O5. The SMILES string of the molecule is CCCC(=O)O.NC1CCCCC1.NCCCC[C@H](N)C(=O)O.O=Cc1ccc(-c2ccccc2)cc1. The minimum atomic E-state index is -0.933. The van der Waals surface area contributed by atoms with Crippen LogP contribution in [-0.2, 0) is 9.59 Å². The van der Waals surface area contributed by atoms with Crippen LogP contribution < -0.4 is 17.2 Å². The zero-order valence-electron chi connectivity index (χ0n) is 22.1. The first-order valence-corrected chi connectivity index (χ1v) is 13.0. The predicted octanol–water partition coefficient (Wildman–Crippen LogP) is 4.84. The summed E-state index contributed by atoms with van der Waals surface area (Å²) in [6.45, 7) is 2.44. The number of nitrogens with two attached hydrogens (primary N) is 3. The van der Waals surface area contributed by atoms with E-state index in [1.54, 1.807) is 0 Å². The molecule has 0 bridgehead atoms. The van der Waals surface area contributed by atoms with Gasteiger partial charge in [-0.3, -0.25) is 14.4 Å². The molecule has 0 unspecified atom stereocenters. The second kappa shape index (κ2) is 22.2. The van der Waals surface area contributed by atoms with E-state index in [1.165, 1.54) is 37.7 Å². The summed E-state index contributed by atoms with van der Waals surface area (Å²) in [6, 6.07) is 17.5. The zero-order valence-corrected chi connectivity index (χ0v) is 22.1. The molecule has 0 aromatic heterocycles. The molecule has 1 aliphatic rings. The van der Waals surface area contributed by atoms with E-state index in [0.717, 1.165) is 31.1 Å². The highest BCUT2D eigenvalue weighted by Gasteiger charge is 2.09. The van der Waals surface area contributed by atoms with Crippen LogP contribution in [0.3, 0.4) is 0 Å². The third-order valence-corrected chi connectivity index (χ3v) is 5.55. The van der Waals surface area contributed by atoms with Gasteiger partial charge in [0.05, 0.1) is 0 Å². The molecule has 0 heterocycles. The fourth-order valence-electron chi connectivity index (χ4n) is 3.36. The van der Waals surface area contributed by atoms with Crippen molar-refractivity contribution < 1.29 is 24.6 Å². The molecule has 0 saturated heterocycles. The second-order valence-electron chi connectivity index (χ2n) is 8.88. The Kier molecular flexibility index (Phi) is 20.3. The van der Waals surface area contributed by atoms with Crippen molar-refractivity contribution in [1.82, 2.24) is 0 Å². The minimum absolute atomic E-state index is 0.292. The predicted molar refractivity (Wildman–Crippen MR) is 149 cm³/mol. The lowest BCUT2D eigenvalue weighted by atomic mass is 9.97. The van der Waals surface area contributed by atoms with Crippen molar-refractivity contribution in [3.05, 3.63) is 60.2 Å².